The summed E-state index contributed by atoms with van der Waals surface area (Å²) in [5.41, 5.74) is 2.38. The molecular formula is C25H36O3Si. The molecule has 1 aromatic carbocycles. The lowest BCUT2D eigenvalue weighted by atomic mass is 9.56. The standard InChI is InChI=1S/C25H36O3Si/c1-16-14-20-17(2)21(28-29(8,9)23(3,4)5)15-25(27,24(20,6)7)22(26)19-13-11-10-12-18(16)19/h10-13,21,27H,1,14-15H2,2-9H3/t21-,25+/m0/s1. The van der Waals surface area contributed by atoms with E-state index in [0.29, 0.717) is 18.4 Å². The fourth-order valence-corrected chi connectivity index (χ4v) is 5.86. The third-order valence-corrected chi connectivity index (χ3v) is 12.3. The van der Waals surface area contributed by atoms with Gasteiger partial charge in [0.15, 0.2) is 14.1 Å². The zero-order valence-electron chi connectivity index (χ0n) is 19.3. The molecule has 1 N–H and O–H groups in total. The molecule has 2 bridgehead atoms. The van der Waals surface area contributed by atoms with Crippen LogP contribution in [-0.2, 0) is 4.43 Å². The summed E-state index contributed by atoms with van der Waals surface area (Å²) in [7, 11) is -2.08. The molecule has 0 aliphatic heterocycles. The van der Waals surface area contributed by atoms with Crippen molar-refractivity contribution in [3.63, 3.8) is 0 Å². The Balaban J connectivity index is 2.20. The predicted molar refractivity (Wildman–Crippen MR) is 123 cm³/mol. The number of aliphatic hydroxyl groups is 1. The van der Waals surface area contributed by atoms with Crippen molar-refractivity contribution in [1.82, 2.24) is 0 Å². The van der Waals surface area contributed by atoms with Crippen molar-refractivity contribution in [1.29, 1.82) is 0 Å². The maximum absolute atomic E-state index is 13.7. The first-order chi connectivity index (χ1) is 13.1. The van der Waals surface area contributed by atoms with Crippen LogP contribution in [0.25, 0.3) is 5.57 Å². The van der Waals surface area contributed by atoms with Crippen LogP contribution in [0.2, 0.25) is 18.1 Å². The van der Waals surface area contributed by atoms with Crippen molar-refractivity contribution in [3.05, 3.63) is 53.1 Å². The first kappa shape index (κ1) is 22.2. The number of fused-ring (bicyclic) bond motifs is 3. The van der Waals surface area contributed by atoms with Crippen LogP contribution in [0.5, 0.6) is 0 Å². The van der Waals surface area contributed by atoms with Crippen molar-refractivity contribution < 1.29 is 14.3 Å². The molecule has 0 heterocycles. The average molecular weight is 413 g/mol. The summed E-state index contributed by atoms with van der Waals surface area (Å²) in [6.07, 6.45) is 0.676. The smallest absolute Gasteiger partial charge is 0.195 e. The zero-order chi connectivity index (χ0) is 22.0. The van der Waals surface area contributed by atoms with Gasteiger partial charge in [-0.05, 0) is 48.2 Å². The lowest BCUT2D eigenvalue weighted by Crippen LogP contribution is -2.59. The molecule has 1 aromatic rings. The van der Waals surface area contributed by atoms with E-state index in [1.807, 2.05) is 38.1 Å². The first-order valence-corrected chi connectivity index (χ1v) is 13.5. The summed E-state index contributed by atoms with van der Waals surface area (Å²) in [4.78, 5) is 13.7. The quantitative estimate of drug-likeness (QED) is 0.468. The summed E-state index contributed by atoms with van der Waals surface area (Å²) >= 11 is 0. The van der Waals surface area contributed by atoms with E-state index < -0.39 is 19.3 Å². The second-order valence-electron chi connectivity index (χ2n) is 10.9. The third-order valence-electron chi connectivity index (χ3n) is 7.79. The second-order valence-corrected chi connectivity index (χ2v) is 15.6. The minimum atomic E-state index is -2.08. The number of Topliss-reactive ketones (excluding diaryl/α,β-unsaturated/α-hetero) is 1. The molecule has 3 nitrogen and oxygen atoms in total. The number of hydrogen-bond donors (Lipinski definition) is 1. The van der Waals surface area contributed by atoms with Crippen LogP contribution in [0.15, 0.2) is 42.0 Å². The lowest BCUT2D eigenvalue weighted by molar-refractivity contribution is -0.0583. The molecule has 0 saturated carbocycles. The SMILES string of the molecule is C=C1CC2=C(C)[C@@H](O[Si](C)(C)C(C)(C)C)C[C@@](O)(C(=O)c3ccccc31)C2(C)C. The van der Waals surface area contributed by atoms with Gasteiger partial charge in [-0.15, -0.1) is 0 Å². The molecule has 3 rings (SSSR count). The van der Waals surface area contributed by atoms with Crippen LogP contribution >= 0.6 is 0 Å². The van der Waals surface area contributed by atoms with E-state index in [-0.39, 0.29) is 16.9 Å². The summed E-state index contributed by atoms with van der Waals surface area (Å²) in [5.74, 6) is -0.215. The van der Waals surface area contributed by atoms with Crippen molar-refractivity contribution in [2.75, 3.05) is 0 Å². The molecule has 4 heteroatoms. The van der Waals surface area contributed by atoms with Gasteiger partial charge in [-0.3, -0.25) is 4.79 Å². The van der Waals surface area contributed by atoms with E-state index in [1.165, 1.54) is 0 Å². The third kappa shape index (κ3) is 3.30. The van der Waals surface area contributed by atoms with E-state index in [2.05, 4.69) is 47.4 Å². The maximum Gasteiger partial charge on any atom is 0.195 e. The van der Waals surface area contributed by atoms with Crippen LogP contribution in [0.3, 0.4) is 0 Å². The minimum absolute atomic E-state index is 0.0514. The highest BCUT2D eigenvalue weighted by Crippen LogP contribution is 2.54. The van der Waals surface area contributed by atoms with Crippen LogP contribution in [-0.4, -0.2) is 30.9 Å². The molecule has 29 heavy (non-hydrogen) atoms. The normalized spacial score (nSPS) is 27.4. The van der Waals surface area contributed by atoms with Crippen LogP contribution in [0.4, 0.5) is 0 Å². The summed E-state index contributed by atoms with van der Waals surface area (Å²) in [5, 5.41) is 12.0. The molecule has 2 aliphatic rings. The van der Waals surface area contributed by atoms with Crippen molar-refractivity contribution in [2.45, 2.75) is 84.2 Å². The molecule has 0 amide bonds. The molecule has 2 aliphatic carbocycles. The van der Waals surface area contributed by atoms with Crippen molar-refractivity contribution in [3.8, 4) is 0 Å². The van der Waals surface area contributed by atoms with Crippen LogP contribution in [0, 0.1) is 5.41 Å². The Morgan fingerprint density at radius 3 is 2.28 bits per heavy atom. The van der Waals surface area contributed by atoms with Crippen LogP contribution < -0.4 is 0 Å². The first-order valence-electron chi connectivity index (χ1n) is 10.6. The molecule has 2 atom stereocenters. The number of hydrogen-bond acceptors (Lipinski definition) is 3. The van der Waals surface area contributed by atoms with Gasteiger partial charge in [-0.2, -0.15) is 0 Å². The monoisotopic (exact) mass is 412 g/mol. The van der Waals surface area contributed by atoms with E-state index in [0.717, 1.165) is 22.3 Å². The van der Waals surface area contributed by atoms with E-state index in [9.17, 15) is 9.90 Å². The molecule has 0 saturated heterocycles. The molecule has 158 valence electrons. The molecule has 0 aromatic heterocycles. The van der Waals surface area contributed by atoms with Crippen LogP contribution in [0.1, 0.15) is 70.3 Å². The Hall–Kier alpha value is -1.49. The largest absolute Gasteiger partial charge is 0.410 e. The second kappa shape index (κ2) is 6.76. The van der Waals surface area contributed by atoms with Gasteiger partial charge in [0.2, 0.25) is 0 Å². The van der Waals surface area contributed by atoms with Gasteiger partial charge in [0.25, 0.3) is 0 Å². The maximum atomic E-state index is 13.7. The number of carbonyl (C=O) groups excluding carboxylic acids is 1. The number of benzene rings is 1. The van der Waals surface area contributed by atoms with Crippen molar-refractivity contribution >= 4 is 19.7 Å². The van der Waals surface area contributed by atoms with Gasteiger partial charge in [0.1, 0.15) is 5.60 Å². The van der Waals surface area contributed by atoms with Gasteiger partial charge in [-0.25, -0.2) is 0 Å². The summed E-state index contributed by atoms with van der Waals surface area (Å²) < 4.78 is 6.76. The average Bonchev–Trinajstić information content (AvgIpc) is 2.61. The number of ketones is 1. The summed E-state index contributed by atoms with van der Waals surface area (Å²) in [6.45, 7) is 21.5. The van der Waals surface area contributed by atoms with Gasteiger partial charge in [-0.1, -0.05) is 71.0 Å². The molecular weight excluding hydrogens is 376 g/mol. The molecule has 0 radical (unpaired) electrons. The fraction of sp³-hybridized carbons (Fsp3) is 0.560. The Morgan fingerprint density at radius 1 is 1.17 bits per heavy atom. The topological polar surface area (TPSA) is 46.5 Å². The van der Waals surface area contributed by atoms with Gasteiger partial charge in [0, 0.05) is 17.4 Å². The van der Waals surface area contributed by atoms with Gasteiger partial charge >= 0.3 is 0 Å². The van der Waals surface area contributed by atoms with E-state index >= 15 is 0 Å². The molecule has 0 spiro atoms. The highest BCUT2D eigenvalue weighted by molar-refractivity contribution is 6.74. The number of allylic oxidation sites excluding steroid dienone is 1. The van der Waals surface area contributed by atoms with E-state index in [4.69, 9.17) is 4.43 Å². The Labute approximate surface area is 177 Å². The van der Waals surface area contributed by atoms with Gasteiger partial charge in [0.05, 0.1) is 6.10 Å². The molecule has 0 fully saturated rings. The summed E-state index contributed by atoms with van der Waals surface area (Å²) in [6, 6.07) is 7.54. The minimum Gasteiger partial charge on any atom is -0.410 e. The zero-order valence-corrected chi connectivity index (χ0v) is 20.3. The Morgan fingerprint density at radius 2 is 1.72 bits per heavy atom. The van der Waals surface area contributed by atoms with Crippen molar-refractivity contribution in [2.24, 2.45) is 5.41 Å². The lowest BCUT2D eigenvalue weighted by Gasteiger charge is -2.53. The molecule has 0 unspecified atom stereocenters. The Kier molecular flexibility index (Phi) is 5.17. The Bertz CT molecular complexity index is 901. The highest BCUT2D eigenvalue weighted by Gasteiger charge is 2.58. The van der Waals surface area contributed by atoms with Gasteiger partial charge < -0.3 is 9.53 Å². The number of rotatable bonds is 2. The highest BCUT2D eigenvalue weighted by atomic mass is 28.4. The fourth-order valence-electron chi connectivity index (χ4n) is 4.53. The van der Waals surface area contributed by atoms with E-state index in [1.54, 1.807) is 0 Å². The predicted octanol–water partition coefficient (Wildman–Crippen LogP) is 6.15. The number of carbonyl (C=O) groups is 1.